The molecule has 3 unspecified atom stereocenters. The van der Waals surface area contributed by atoms with E-state index in [1.807, 2.05) is 37.3 Å². The van der Waals surface area contributed by atoms with Gasteiger partial charge in [0.1, 0.15) is 30.1 Å². The molecule has 39 nitrogen and oxygen atoms in total. The number of Topliss-reactive ketones (excluding diaryl/α,β-unsaturated/α-hetero) is 1. The Kier molecular flexibility index (Phi) is 37.8. The molecule has 150 heavy (non-hydrogen) atoms. The van der Waals surface area contributed by atoms with Crippen LogP contribution >= 0.6 is 60.4 Å². The molecule has 10 amide bonds. The number of halogens is 2. The first kappa shape index (κ1) is 112. The highest BCUT2D eigenvalue weighted by Crippen LogP contribution is 2.54. The molecule has 8 aliphatic rings. The number of ketones is 1. The predicted octanol–water partition coefficient (Wildman–Crippen LogP) is 15.2. The number of aliphatic hydroxyl groups is 2. The van der Waals surface area contributed by atoms with Crippen molar-refractivity contribution in [2.45, 2.75) is 207 Å². The molecule has 16 rings (SSSR count). The summed E-state index contributed by atoms with van der Waals surface area (Å²) in [4.78, 5) is 209. The average molecular weight is 2190 g/mol. The van der Waals surface area contributed by atoms with Gasteiger partial charge in [0, 0.05) is 161 Å². The minimum absolute atomic E-state index is 0.0152. The number of aliphatic hydroxyl groups excluding tert-OH is 2. The van der Waals surface area contributed by atoms with Crippen LogP contribution in [-0.4, -0.2) is 249 Å². The Morgan fingerprint density at radius 2 is 1.04 bits per heavy atom. The fourth-order valence-electron chi connectivity index (χ4n) is 20.4. The molecule has 0 spiro atoms. The normalized spacial score (nSPS) is 18.8. The van der Waals surface area contributed by atoms with E-state index < -0.39 is 81.5 Å². The van der Waals surface area contributed by atoms with Crippen molar-refractivity contribution in [3.63, 3.8) is 0 Å². The standard InChI is InChI=1S/C62H75ClN7O16P.C43H48ClN4O12PS2/c1-83-51-33-44-47(34-52(51)84-31-11-2-4-18-53(72)69-37-41(36-63)56-43-15-6-5-14-42(43)50(35-48(56)69)86-87(80,81)82)70(58(76)46-17-12-30-67(46)57(44)75)61(79)85-38-40-21-19-39(20-22-40)32-49(71)45(16-7-8-27-64)66-60(78)62(25-13-26-62)59(77)65-28-9-3-10-29-68-54(73)23-24-55(68)74;1-26(62-63-29-16-14-28(15-17-29)45(2)53)25-59-43(52)48-34-21-38(37(57-3)20-32(34)41(50)46-18-9-12-33(46)42(48)51)58-19-8-4-5-13-39(49)47-24-27(23-44)40-31-11-7-6-10-30(31)36(22-35(40)47)60-61(54,55)56/h5-6,14-15,19-24,33-35,41,45-46,58,76H,2-4,7-13,16-18,25-32,36-38,64H2,1H3,(H,65,77)(H,66,78)(H2,80,81,82);6-7,10-11,14-17,20-22,26-27,33,42,51H,4-5,8-9,12-13,18-19,23-25H2,1-3H3,(H-,54,55,56)/p+1/t41-,45+,46+,58?;26?,27-,33+,42?/m11/s1. The predicted molar refractivity (Wildman–Crippen MR) is 563 cm³/mol. The van der Waals surface area contributed by atoms with Gasteiger partial charge in [0.05, 0.1) is 79.4 Å². The lowest BCUT2D eigenvalue weighted by molar-refractivity contribution is -0.428. The monoisotopic (exact) mass is 2180 g/mol. The molecule has 0 bridgehead atoms. The molecule has 10 N–H and O–H groups in total. The Labute approximate surface area is 884 Å². The molecule has 0 aromatic heterocycles. The number of anilines is 4. The summed E-state index contributed by atoms with van der Waals surface area (Å²) in [5.74, 6) is -2.05. The van der Waals surface area contributed by atoms with Crippen LogP contribution in [-0.2, 0) is 65.2 Å². The van der Waals surface area contributed by atoms with Gasteiger partial charge in [0.25, 0.3) is 29.3 Å². The van der Waals surface area contributed by atoms with Gasteiger partial charge in [0.15, 0.2) is 48.3 Å². The number of phosphoric acid groups is 2. The van der Waals surface area contributed by atoms with Gasteiger partial charge in [-0.3, -0.25) is 67.6 Å². The van der Waals surface area contributed by atoms with Crippen molar-refractivity contribution in [1.82, 2.24) is 25.3 Å². The maximum absolute atomic E-state index is 14.3. The Balaban J connectivity index is 0.000000236. The van der Waals surface area contributed by atoms with Gasteiger partial charge < -0.3 is 83.6 Å². The zero-order valence-corrected chi connectivity index (χ0v) is 88.4. The maximum Gasteiger partial charge on any atom is 0.524 e. The van der Waals surface area contributed by atoms with Crippen LogP contribution in [0.15, 0.2) is 151 Å². The largest absolute Gasteiger partial charge is 0.524 e. The smallest absolute Gasteiger partial charge is 0.493 e. The van der Waals surface area contributed by atoms with E-state index in [0.29, 0.717) is 204 Å². The number of alkyl halides is 2. The summed E-state index contributed by atoms with van der Waals surface area (Å²) in [6.07, 6.45) is 8.21. The second-order valence-electron chi connectivity index (χ2n) is 38.2. The maximum atomic E-state index is 14.3. The minimum atomic E-state index is -4.93. The summed E-state index contributed by atoms with van der Waals surface area (Å²) in [7, 11) is -2.56. The van der Waals surface area contributed by atoms with Crippen LogP contribution < -0.4 is 64.0 Å². The third kappa shape index (κ3) is 26.1. The van der Waals surface area contributed by atoms with Crippen molar-refractivity contribution >= 4 is 176 Å². The third-order valence-electron chi connectivity index (χ3n) is 28.2. The van der Waals surface area contributed by atoms with E-state index in [0.717, 1.165) is 30.6 Å². The summed E-state index contributed by atoms with van der Waals surface area (Å²) in [5, 5.41) is 31.6. The first-order chi connectivity index (χ1) is 72.0. The number of nitrogens with zero attached hydrogens (tertiary/aromatic N) is 8. The van der Waals surface area contributed by atoms with E-state index in [2.05, 4.69) is 10.6 Å². The lowest BCUT2D eigenvalue weighted by Gasteiger charge is -2.39. The number of nitroso groups, excluding NO2 is 1. The minimum Gasteiger partial charge on any atom is -0.493 e. The molecule has 7 aliphatic heterocycles. The SMILES string of the molecule is COc1cc2c(cc1OCCCCCC(=O)N1C[C@@H](CCl)c3c1cc(OP(=O)(O)O)c1ccccc31)N(C(=O)OCC(C)SSc1ccc([N+](C)=O)cc1)C(O)[C@@H]1CCCN1C2=O.COc1cc2c(cc1OCCCCCC(=O)N1C[C@@H](CCl)c3c1cc(OP(=O)(O)O)c1ccccc31)N(C(=O)OCc1ccc(CC(=O)[C@H](CCCCN)NC(=O)C3(C(=O)NCCCCCN4C(=O)C=CC4=O)CCC3)cc1)C(O)[C@@H]1CCCN1C2=O. The zero-order chi connectivity index (χ0) is 107. The summed E-state index contributed by atoms with van der Waals surface area (Å²) in [6.45, 7) is 4.41. The molecular formula is C105H124Cl2N11O28P2S2+. The van der Waals surface area contributed by atoms with Gasteiger partial charge in [-0.05, 0) is 186 Å². The Bertz CT molecular complexity index is 6500. The number of hydrogen-bond acceptors (Lipinski definition) is 27. The van der Waals surface area contributed by atoms with Crippen molar-refractivity contribution < 1.29 is 134 Å². The Hall–Kier alpha value is -12.0. The molecule has 8 aromatic rings. The van der Waals surface area contributed by atoms with Crippen LogP contribution in [0, 0.1) is 10.3 Å². The van der Waals surface area contributed by atoms with Gasteiger partial charge in [-0.1, -0.05) is 101 Å². The molecule has 8 atom stereocenters. The van der Waals surface area contributed by atoms with Crippen molar-refractivity contribution in [1.29, 1.82) is 0 Å². The van der Waals surface area contributed by atoms with E-state index in [-0.39, 0.29) is 180 Å². The number of hydrogen-bond donors (Lipinski definition) is 9. The molecule has 7 heterocycles. The van der Waals surface area contributed by atoms with Gasteiger partial charge >= 0.3 is 27.8 Å². The highest BCUT2D eigenvalue weighted by molar-refractivity contribution is 8.77. The van der Waals surface area contributed by atoms with Crippen molar-refractivity contribution in [3.05, 3.63) is 184 Å². The zero-order valence-electron chi connectivity index (χ0n) is 83.5. The van der Waals surface area contributed by atoms with Crippen molar-refractivity contribution in [2.24, 2.45) is 11.1 Å². The van der Waals surface area contributed by atoms with E-state index in [4.69, 9.17) is 66.4 Å². The van der Waals surface area contributed by atoms with Crippen molar-refractivity contribution in [2.75, 3.05) is 118 Å². The number of nitrogens with one attached hydrogen (secondary N) is 2. The van der Waals surface area contributed by atoms with Gasteiger partial charge in [-0.2, -0.15) is 0 Å². The number of carbonyl (C=O) groups is 11. The first-order valence-electron chi connectivity index (χ1n) is 50.3. The van der Waals surface area contributed by atoms with E-state index in [1.165, 1.54) is 96.3 Å². The van der Waals surface area contributed by atoms with Crippen LogP contribution in [0.5, 0.6) is 34.5 Å². The molecule has 802 valence electrons. The summed E-state index contributed by atoms with van der Waals surface area (Å²) in [6, 6.07) is 34.8. The van der Waals surface area contributed by atoms with E-state index in [9.17, 15) is 96.6 Å². The number of methoxy groups -OCH3 is 2. The number of carbonyl (C=O) groups excluding carboxylic acids is 11. The molecule has 1 aliphatic carbocycles. The molecule has 3 fully saturated rings. The number of unbranched alkanes of at least 4 members (excludes halogenated alkanes) is 7. The molecule has 1 saturated carbocycles. The summed E-state index contributed by atoms with van der Waals surface area (Å²) < 4.78 is 70.0. The molecule has 8 aromatic carbocycles. The third-order valence-corrected chi connectivity index (χ3v) is 32.7. The van der Waals surface area contributed by atoms with Crippen LogP contribution in [0.1, 0.15) is 197 Å². The number of ether oxygens (including phenoxy) is 6. The number of nitrogens with two attached hydrogens (primary N) is 1. The second kappa shape index (κ2) is 50.5. The average Bonchev–Trinajstić information content (AvgIpc) is 1.58. The number of amides is 10. The van der Waals surface area contributed by atoms with Gasteiger partial charge in [-0.15, -0.1) is 23.2 Å². The van der Waals surface area contributed by atoms with E-state index in [1.54, 1.807) is 86.3 Å². The van der Waals surface area contributed by atoms with Gasteiger partial charge in [0.2, 0.25) is 23.6 Å². The fraction of sp³-hybridized carbons (Fsp3) is 0.457. The van der Waals surface area contributed by atoms with Crippen molar-refractivity contribution in [3.8, 4) is 34.5 Å². The van der Waals surface area contributed by atoms with Crippen LogP contribution in [0.25, 0.3) is 21.5 Å². The van der Waals surface area contributed by atoms with Crippen LogP contribution in [0.4, 0.5) is 38.0 Å². The number of phosphoric ester groups is 2. The number of rotatable bonds is 46. The van der Waals surface area contributed by atoms with Gasteiger partial charge in [-0.25, -0.2) is 28.5 Å². The lowest BCUT2D eigenvalue weighted by atomic mass is 9.67. The summed E-state index contributed by atoms with van der Waals surface area (Å²) >= 11 is 12.8. The van der Waals surface area contributed by atoms with Crippen LogP contribution in [0.3, 0.4) is 0 Å². The number of imide groups is 1. The molecule has 0 radical (unpaired) electrons. The Morgan fingerprint density at radius 3 is 1.51 bits per heavy atom. The van der Waals surface area contributed by atoms with E-state index >= 15 is 0 Å². The number of benzene rings is 8. The van der Waals surface area contributed by atoms with Crippen LogP contribution in [0.2, 0.25) is 0 Å². The molecule has 45 heteroatoms. The first-order valence-corrected chi connectivity index (χ1v) is 56.6. The lowest BCUT2D eigenvalue weighted by Crippen LogP contribution is -2.58. The molecular weight excluding hydrogens is 2060 g/mol. The quantitative estimate of drug-likeness (QED) is 0.00325. The Morgan fingerprint density at radius 1 is 0.560 bits per heavy atom. The highest BCUT2D eigenvalue weighted by atomic mass is 35.5. The molecule has 2 saturated heterocycles. The highest BCUT2D eigenvalue weighted by Gasteiger charge is 2.53. The number of fused-ring (bicyclic) bond motifs is 10. The topological polar surface area (TPSA) is 510 Å². The fourth-order valence-corrected chi connectivity index (χ4v) is 23.6. The summed E-state index contributed by atoms with van der Waals surface area (Å²) in [5.41, 5.74) is 9.27. The second-order valence-corrected chi connectivity index (χ2v) is 43.9.